The smallest absolute Gasteiger partial charge is 0.381 e. The molecule has 0 aromatic carbocycles. The van der Waals surface area contributed by atoms with Gasteiger partial charge in [-0.2, -0.15) is 0 Å². The highest BCUT2D eigenvalue weighted by atomic mass is 16.5. The van der Waals surface area contributed by atoms with Crippen LogP contribution in [0.5, 0.6) is 0 Å². The Labute approximate surface area is 140 Å². The van der Waals surface area contributed by atoms with Gasteiger partial charge in [-0.15, -0.1) is 0 Å². The van der Waals surface area contributed by atoms with Crippen molar-refractivity contribution in [2.45, 2.75) is 32.5 Å². The molecule has 0 rings (SSSR count). The molecule has 0 bridgehead atoms. The van der Waals surface area contributed by atoms with Crippen LogP contribution >= 0.6 is 0 Å². The van der Waals surface area contributed by atoms with E-state index in [-0.39, 0.29) is 24.1 Å². The number of carbonyl (C=O) groups excluding carboxylic acids is 2. The first-order valence-electron chi connectivity index (χ1n) is 8.02. The molecule has 2 atom stereocenters. The molecule has 0 aliphatic carbocycles. The zero-order valence-electron chi connectivity index (χ0n) is 16.0. The zero-order valence-corrected chi connectivity index (χ0v) is 16.0. The molecule has 0 heterocycles. The molecular weight excluding hydrogens is 298 g/mol. The third-order valence-corrected chi connectivity index (χ3v) is 4.28. The average Bonchev–Trinajstić information content (AvgIpc) is 2.49. The SMILES string of the molecule is CC[N+](C)(C)C(C(=O)OCCCN(C)C(C)C(=O)OC)N(C)C. The van der Waals surface area contributed by atoms with Crippen molar-refractivity contribution in [2.75, 3.05) is 62.0 Å². The van der Waals surface area contributed by atoms with Gasteiger partial charge in [0.15, 0.2) is 0 Å². The van der Waals surface area contributed by atoms with Gasteiger partial charge in [0.1, 0.15) is 6.04 Å². The molecule has 7 nitrogen and oxygen atoms in total. The molecule has 0 aromatic heterocycles. The van der Waals surface area contributed by atoms with E-state index in [1.807, 2.05) is 52.0 Å². The maximum absolute atomic E-state index is 12.4. The van der Waals surface area contributed by atoms with Gasteiger partial charge in [-0.25, -0.2) is 4.79 Å². The monoisotopic (exact) mass is 332 g/mol. The van der Waals surface area contributed by atoms with E-state index in [0.29, 0.717) is 24.1 Å². The number of hydrogen-bond donors (Lipinski definition) is 0. The first-order chi connectivity index (χ1) is 10.6. The molecule has 2 unspecified atom stereocenters. The number of ether oxygens (including phenoxy) is 2. The van der Waals surface area contributed by atoms with E-state index < -0.39 is 0 Å². The molecule has 136 valence electrons. The minimum atomic E-state index is -0.327. The van der Waals surface area contributed by atoms with E-state index in [1.165, 1.54) is 7.11 Å². The number of quaternary nitrogens is 1. The van der Waals surface area contributed by atoms with Gasteiger partial charge in [-0.3, -0.25) is 14.6 Å². The highest BCUT2D eigenvalue weighted by Crippen LogP contribution is 2.11. The lowest BCUT2D eigenvalue weighted by Crippen LogP contribution is -2.59. The van der Waals surface area contributed by atoms with Crippen molar-refractivity contribution < 1.29 is 23.5 Å². The third-order valence-electron chi connectivity index (χ3n) is 4.28. The van der Waals surface area contributed by atoms with Gasteiger partial charge in [0.05, 0.1) is 34.4 Å². The molecule has 0 aliphatic heterocycles. The van der Waals surface area contributed by atoms with E-state index in [4.69, 9.17) is 9.47 Å². The maximum atomic E-state index is 12.4. The van der Waals surface area contributed by atoms with Crippen molar-refractivity contribution in [3.05, 3.63) is 0 Å². The van der Waals surface area contributed by atoms with Gasteiger partial charge < -0.3 is 14.0 Å². The van der Waals surface area contributed by atoms with Crippen molar-refractivity contribution in [1.29, 1.82) is 0 Å². The summed E-state index contributed by atoms with van der Waals surface area (Å²) in [5.74, 6) is -0.482. The van der Waals surface area contributed by atoms with Crippen LogP contribution < -0.4 is 0 Å². The lowest BCUT2D eigenvalue weighted by atomic mass is 10.3. The Kier molecular flexibility index (Phi) is 9.34. The summed E-state index contributed by atoms with van der Waals surface area (Å²) < 4.78 is 10.7. The standard InChI is InChI=1S/C16H34N3O4/c1-9-19(6,7)14(17(3)4)16(21)23-12-10-11-18(5)13(2)15(20)22-8/h13-14H,9-12H2,1-8H3/q+1. The van der Waals surface area contributed by atoms with Gasteiger partial charge in [-0.05, 0) is 41.4 Å². The third kappa shape index (κ3) is 6.85. The summed E-state index contributed by atoms with van der Waals surface area (Å²) in [6, 6.07) is -0.305. The van der Waals surface area contributed by atoms with Crippen LogP contribution in [0.1, 0.15) is 20.3 Å². The molecule has 0 aromatic rings. The number of carbonyl (C=O) groups is 2. The van der Waals surface area contributed by atoms with Gasteiger partial charge in [0.25, 0.3) is 0 Å². The second-order valence-electron chi connectivity index (χ2n) is 6.63. The van der Waals surface area contributed by atoms with E-state index >= 15 is 0 Å². The summed E-state index contributed by atoms with van der Waals surface area (Å²) in [7, 11) is 11.0. The van der Waals surface area contributed by atoms with Crippen molar-refractivity contribution in [2.24, 2.45) is 0 Å². The second-order valence-corrected chi connectivity index (χ2v) is 6.63. The molecule has 0 saturated carbocycles. The fraction of sp³-hybridized carbons (Fsp3) is 0.875. The summed E-state index contributed by atoms with van der Waals surface area (Å²) in [6.45, 7) is 5.67. The van der Waals surface area contributed by atoms with Gasteiger partial charge in [0.2, 0.25) is 6.17 Å². The van der Waals surface area contributed by atoms with E-state index in [1.54, 1.807) is 6.92 Å². The molecule has 0 fully saturated rings. The lowest BCUT2D eigenvalue weighted by Gasteiger charge is -2.38. The average molecular weight is 332 g/mol. The number of likely N-dealkylation sites (N-methyl/N-ethyl adjacent to an activating group) is 3. The molecule has 0 aliphatic rings. The normalized spacial score (nSPS) is 14.7. The highest BCUT2D eigenvalue weighted by Gasteiger charge is 2.37. The molecule has 0 radical (unpaired) electrons. The summed E-state index contributed by atoms with van der Waals surface area (Å²) in [6.07, 6.45) is 0.343. The Morgan fingerprint density at radius 3 is 2.13 bits per heavy atom. The number of esters is 2. The Balaban J connectivity index is 4.36. The predicted molar refractivity (Wildman–Crippen MR) is 89.8 cm³/mol. The zero-order chi connectivity index (χ0) is 18.2. The first-order valence-corrected chi connectivity index (χ1v) is 8.02. The van der Waals surface area contributed by atoms with Crippen LogP contribution in [0.3, 0.4) is 0 Å². The largest absolute Gasteiger partial charge is 0.468 e. The van der Waals surface area contributed by atoms with Gasteiger partial charge >= 0.3 is 11.9 Å². The number of hydrogen-bond acceptors (Lipinski definition) is 6. The molecule has 0 saturated heterocycles. The number of nitrogens with zero attached hydrogens (tertiary/aromatic N) is 3. The summed E-state index contributed by atoms with van der Waals surface area (Å²) in [4.78, 5) is 27.6. The van der Waals surface area contributed by atoms with Crippen LogP contribution in [0.4, 0.5) is 0 Å². The predicted octanol–water partition coefficient (Wildman–Crippen LogP) is 0.397. The van der Waals surface area contributed by atoms with Crippen molar-refractivity contribution in [3.8, 4) is 0 Å². The first kappa shape index (κ1) is 21.8. The van der Waals surface area contributed by atoms with Crippen molar-refractivity contribution in [3.63, 3.8) is 0 Å². The quantitative estimate of drug-likeness (QED) is 0.250. The summed E-state index contributed by atoms with van der Waals surface area (Å²) in [5, 5.41) is 0. The van der Waals surface area contributed by atoms with Crippen LogP contribution in [0, 0.1) is 0 Å². The Hall–Kier alpha value is -1.18. The Morgan fingerprint density at radius 2 is 1.70 bits per heavy atom. The molecule has 7 heteroatoms. The minimum absolute atomic E-state index is 0.217. The van der Waals surface area contributed by atoms with Crippen LogP contribution in [0.25, 0.3) is 0 Å². The van der Waals surface area contributed by atoms with Crippen LogP contribution in [0.15, 0.2) is 0 Å². The van der Waals surface area contributed by atoms with Crippen LogP contribution in [-0.4, -0.2) is 100 Å². The van der Waals surface area contributed by atoms with E-state index in [9.17, 15) is 9.59 Å². The number of rotatable bonds is 10. The highest BCUT2D eigenvalue weighted by molar-refractivity contribution is 5.75. The molecule has 0 amide bonds. The van der Waals surface area contributed by atoms with Crippen molar-refractivity contribution >= 4 is 11.9 Å². The second kappa shape index (κ2) is 9.85. The van der Waals surface area contributed by atoms with Crippen LogP contribution in [-0.2, 0) is 19.1 Å². The molecule has 0 N–H and O–H groups in total. The molecule has 23 heavy (non-hydrogen) atoms. The maximum Gasteiger partial charge on any atom is 0.381 e. The summed E-state index contributed by atoms with van der Waals surface area (Å²) in [5.41, 5.74) is 0. The fourth-order valence-electron chi connectivity index (χ4n) is 2.40. The van der Waals surface area contributed by atoms with Gasteiger partial charge in [-0.1, -0.05) is 0 Å². The van der Waals surface area contributed by atoms with Crippen molar-refractivity contribution in [1.82, 2.24) is 9.80 Å². The Morgan fingerprint density at radius 1 is 1.13 bits per heavy atom. The molecular formula is C16H34N3O4+. The topological polar surface area (TPSA) is 59.1 Å². The Bertz CT molecular complexity index is 386. The van der Waals surface area contributed by atoms with E-state index in [2.05, 4.69) is 0 Å². The van der Waals surface area contributed by atoms with E-state index in [0.717, 1.165) is 6.54 Å². The van der Waals surface area contributed by atoms with Crippen LogP contribution in [0.2, 0.25) is 0 Å². The molecule has 0 spiro atoms. The summed E-state index contributed by atoms with van der Waals surface area (Å²) >= 11 is 0. The van der Waals surface area contributed by atoms with Gasteiger partial charge in [0, 0.05) is 6.54 Å². The lowest BCUT2D eigenvalue weighted by molar-refractivity contribution is -0.915. The minimum Gasteiger partial charge on any atom is -0.468 e. The fourth-order valence-corrected chi connectivity index (χ4v) is 2.40. The number of methoxy groups -OCH3 is 1.